The molecule has 2 aromatic carbocycles. The van der Waals surface area contributed by atoms with E-state index in [-0.39, 0.29) is 11.9 Å². The van der Waals surface area contributed by atoms with Crippen LogP contribution in [-0.2, 0) is 11.2 Å². The van der Waals surface area contributed by atoms with Gasteiger partial charge in [-0.3, -0.25) is 4.79 Å². The maximum absolute atomic E-state index is 12.1. The largest absolute Gasteiger partial charge is 0.353 e. The Morgan fingerprint density at radius 1 is 1.28 bits per heavy atom. The second-order valence-electron chi connectivity index (χ2n) is 5.87. The van der Waals surface area contributed by atoms with Crippen LogP contribution < -0.4 is 5.32 Å². The molecular weight excluding hydrogens is 372 g/mol. The van der Waals surface area contributed by atoms with Crippen LogP contribution in [0.3, 0.4) is 0 Å². The molecule has 1 amide bonds. The van der Waals surface area contributed by atoms with Crippen LogP contribution in [0.4, 0.5) is 0 Å². The molecule has 1 heterocycles. The zero-order chi connectivity index (χ0) is 17.6. The summed E-state index contributed by atoms with van der Waals surface area (Å²) in [5, 5.41) is 3.74. The van der Waals surface area contributed by atoms with Crippen molar-refractivity contribution in [3.05, 3.63) is 59.1 Å². The average molecular weight is 391 g/mol. The van der Waals surface area contributed by atoms with Crippen molar-refractivity contribution in [2.45, 2.75) is 30.1 Å². The molecule has 0 fully saturated rings. The molecule has 0 spiro atoms. The number of nitrogens with zero attached hydrogens (tertiary/aromatic N) is 1. The summed E-state index contributed by atoms with van der Waals surface area (Å²) in [5.41, 5.74) is 2.18. The number of fused-ring (bicyclic) bond motifs is 1. The topological polar surface area (TPSA) is 42.0 Å². The van der Waals surface area contributed by atoms with Crippen molar-refractivity contribution in [1.29, 1.82) is 0 Å². The van der Waals surface area contributed by atoms with E-state index in [1.807, 2.05) is 43.3 Å². The summed E-state index contributed by atoms with van der Waals surface area (Å²) in [7, 11) is 0. The minimum atomic E-state index is 0.0443. The lowest BCUT2D eigenvalue weighted by Gasteiger charge is -2.13. The quantitative estimate of drug-likeness (QED) is 0.565. The normalized spacial score (nSPS) is 12.2. The third-order valence-electron chi connectivity index (χ3n) is 3.77. The number of aromatic nitrogens is 1. The monoisotopic (exact) mass is 390 g/mol. The van der Waals surface area contributed by atoms with Crippen molar-refractivity contribution in [1.82, 2.24) is 10.3 Å². The third kappa shape index (κ3) is 5.46. The van der Waals surface area contributed by atoms with Gasteiger partial charge in [-0.2, -0.15) is 0 Å². The van der Waals surface area contributed by atoms with Gasteiger partial charge in [0.15, 0.2) is 4.34 Å². The molecular formula is C19H19ClN2OS2. The number of hydrogen-bond donors (Lipinski definition) is 1. The first-order chi connectivity index (χ1) is 12.1. The summed E-state index contributed by atoms with van der Waals surface area (Å²) in [6.45, 7) is 2.05. The number of thiazole rings is 1. The number of carbonyl (C=O) groups is 1. The van der Waals surface area contributed by atoms with Gasteiger partial charge >= 0.3 is 0 Å². The van der Waals surface area contributed by atoms with E-state index >= 15 is 0 Å². The fraction of sp³-hybridized carbons (Fsp3) is 0.263. The van der Waals surface area contributed by atoms with Crippen molar-refractivity contribution in [3.63, 3.8) is 0 Å². The van der Waals surface area contributed by atoms with E-state index in [2.05, 4.69) is 22.4 Å². The smallest absolute Gasteiger partial charge is 0.230 e. The molecule has 0 aliphatic heterocycles. The highest BCUT2D eigenvalue weighted by atomic mass is 35.5. The minimum absolute atomic E-state index is 0.0443. The molecule has 3 rings (SSSR count). The van der Waals surface area contributed by atoms with E-state index in [4.69, 9.17) is 11.6 Å². The number of nitrogens with one attached hydrogen (secondary N) is 1. The molecule has 0 aliphatic carbocycles. The summed E-state index contributed by atoms with van der Waals surface area (Å²) in [5.74, 6) is 0.423. The van der Waals surface area contributed by atoms with Crippen molar-refractivity contribution in [2.24, 2.45) is 0 Å². The van der Waals surface area contributed by atoms with Gasteiger partial charge in [-0.1, -0.05) is 53.7 Å². The molecule has 1 aromatic heterocycles. The first-order valence-electron chi connectivity index (χ1n) is 8.12. The number of rotatable bonds is 7. The van der Waals surface area contributed by atoms with Gasteiger partial charge in [-0.25, -0.2) is 4.98 Å². The van der Waals surface area contributed by atoms with E-state index < -0.39 is 0 Å². The standard InChI is InChI=1S/C19H19ClN2OS2/c1-13(7-8-14-5-3-2-4-6-14)21-18(23)12-24-19-22-16-11-15(20)9-10-17(16)25-19/h2-6,9-11,13H,7-8,12H2,1H3,(H,21,23)/t13-/m0/s1. The lowest BCUT2D eigenvalue weighted by atomic mass is 10.1. The molecule has 130 valence electrons. The lowest BCUT2D eigenvalue weighted by molar-refractivity contribution is -0.119. The third-order valence-corrected chi connectivity index (χ3v) is 6.19. The molecule has 0 unspecified atom stereocenters. The zero-order valence-electron chi connectivity index (χ0n) is 13.9. The van der Waals surface area contributed by atoms with Gasteiger partial charge in [0, 0.05) is 11.1 Å². The Morgan fingerprint density at radius 2 is 2.08 bits per heavy atom. The molecule has 1 atom stereocenters. The van der Waals surface area contributed by atoms with Gasteiger partial charge < -0.3 is 5.32 Å². The fourth-order valence-electron chi connectivity index (χ4n) is 2.48. The van der Waals surface area contributed by atoms with Crippen molar-refractivity contribution < 1.29 is 4.79 Å². The highest BCUT2D eigenvalue weighted by Crippen LogP contribution is 2.30. The summed E-state index contributed by atoms with van der Waals surface area (Å²) < 4.78 is 1.98. The van der Waals surface area contributed by atoms with E-state index in [1.165, 1.54) is 17.3 Å². The number of amides is 1. The molecule has 0 radical (unpaired) electrons. The Bertz CT molecular complexity index is 851. The molecule has 25 heavy (non-hydrogen) atoms. The van der Waals surface area contributed by atoms with Crippen LogP contribution in [0.15, 0.2) is 52.9 Å². The van der Waals surface area contributed by atoms with Gasteiger partial charge in [0.25, 0.3) is 0 Å². The molecule has 3 nitrogen and oxygen atoms in total. The van der Waals surface area contributed by atoms with Crippen LogP contribution in [0.1, 0.15) is 18.9 Å². The Labute approximate surface area is 160 Å². The first-order valence-corrected chi connectivity index (χ1v) is 10.3. The van der Waals surface area contributed by atoms with E-state index in [0.29, 0.717) is 10.8 Å². The second kappa shape index (κ2) is 8.70. The van der Waals surface area contributed by atoms with E-state index in [9.17, 15) is 4.79 Å². The SMILES string of the molecule is C[C@@H](CCc1ccccc1)NC(=O)CSc1nc2cc(Cl)ccc2s1. The molecule has 1 N–H and O–H groups in total. The van der Waals surface area contributed by atoms with Crippen LogP contribution in [0, 0.1) is 0 Å². The van der Waals surface area contributed by atoms with Crippen molar-refractivity contribution >= 4 is 50.8 Å². The summed E-state index contributed by atoms with van der Waals surface area (Å²) >= 11 is 9.04. The molecule has 0 saturated carbocycles. The first kappa shape index (κ1) is 18.2. The van der Waals surface area contributed by atoms with Crippen molar-refractivity contribution in [3.8, 4) is 0 Å². The van der Waals surface area contributed by atoms with Crippen LogP contribution in [0.2, 0.25) is 5.02 Å². The van der Waals surface area contributed by atoms with Gasteiger partial charge in [-0.05, 0) is 43.5 Å². The number of aryl methyl sites for hydroxylation is 1. The van der Waals surface area contributed by atoms with E-state index in [0.717, 1.165) is 27.4 Å². The number of halogens is 1. The number of benzene rings is 2. The average Bonchev–Trinajstić information content (AvgIpc) is 3.01. The van der Waals surface area contributed by atoms with Crippen LogP contribution >= 0.6 is 34.7 Å². The Hall–Kier alpha value is -1.56. The Morgan fingerprint density at radius 3 is 2.88 bits per heavy atom. The van der Waals surface area contributed by atoms with Gasteiger partial charge in [0.05, 0.1) is 16.0 Å². The van der Waals surface area contributed by atoms with Crippen LogP contribution in [-0.4, -0.2) is 22.7 Å². The highest BCUT2D eigenvalue weighted by Gasteiger charge is 2.11. The predicted molar refractivity (Wildman–Crippen MR) is 108 cm³/mol. The second-order valence-corrected chi connectivity index (χ2v) is 8.56. The van der Waals surface area contributed by atoms with Crippen LogP contribution in [0.25, 0.3) is 10.2 Å². The highest BCUT2D eigenvalue weighted by molar-refractivity contribution is 8.01. The Balaban J connectivity index is 1.45. The van der Waals surface area contributed by atoms with Gasteiger partial charge in [0.2, 0.25) is 5.91 Å². The zero-order valence-corrected chi connectivity index (χ0v) is 16.3. The number of hydrogen-bond acceptors (Lipinski definition) is 4. The van der Waals surface area contributed by atoms with Crippen LogP contribution in [0.5, 0.6) is 0 Å². The summed E-state index contributed by atoms with van der Waals surface area (Å²) in [4.78, 5) is 16.6. The molecule has 0 saturated heterocycles. The van der Waals surface area contributed by atoms with Gasteiger partial charge in [-0.15, -0.1) is 11.3 Å². The maximum atomic E-state index is 12.1. The maximum Gasteiger partial charge on any atom is 0.230 e. The number of thioether (sulfide) groups is 1. The molecule has 6 heteroatoms. The summed E-state index contributed by atoms with van der Waals surface area (Å²) in [6.07, 6.45) is 1.90. The predicted octanol–water partition coefficient (Wildman–Crippen LogP) is 5.18. The Kier molecular flexibility index (Phi) is 6.34. The molecule has 0 bridgehead atoms. The summed E-state index contributed by atoms with van der Waals surface area (Å²) in [6, 6.07) is 16.2. The molecule has 0 aliphatic rings. The number of carbonyl (C=O) groups excluding carboxylic acids is 1. The van der Waals surface area contributed by atoms with Gasteiger partial charge in [0.1, 0.15) is 0 Å². The lowest BCUT2D eigenvalue weighted by Crippen LogP contribution is -2.34. The fourth-order valence-corrected chi connectivity index (χ4v) is 4.51. The van der Waals surface area contributed by atoms with Crippen molar-refractivity contribution in [2.75, 3.05) is 5.75 Å². The van der Waals surface area contributed by atoms with E-state index in [1.54, 1.807) is 11.3 Å². The molecule has 3 aromatic rings. The minimum Gasteiger partial charge on any atom is -0.353 e.